The van der Waals surface area contributed by atoms with Crippen molar-refractivity contribution in [3.8, 4) is 11.5 Å². The van der Waals surface area contributed by atoms with E-state index in [1.807, 2.05) is 12.1 Å². The molecule has 2 unspecified atom stereocenters. The number of phenols is 2. The molecule has 0 saturated carbocycles. The lowest BCUT2D eigenvalue weighted by Crippen LogP contribution is -2.30. The maximum absolute atomic E-state index is 11.0. The fraction of sp³-hybridized carbons (Fsp3) is 0.704. The molecule has 1 aromatic rings. The predicted octanol–water partition coefficient (Wildman–Crippen LogP) is 7.23. The molecule has 2 atom stereocenters. The smallest absolute Gasteiger partial charge is 0.127 e. The van der Waals surface area contributed by atoms with Gasteiger partial charge in [0.05, 0.1) is 5.56 Å². The van der Waals surface area contributed by atoms with Crippen molar-refractivity contribution in [2.24, 2.45) is 17.3 Å². The van der Waals surface area contributed by atoms with Gasteiger partial charge in [-0.1, -0.05) is 72.3 Å². The van der Waals surface area contributed by atoms with Crippen LogP contribution in [0, 0.1) is 17.3 Å². The molecule has 1 aromatic carbocycles. The Bertz CT molecular complexity index is 694. The zero-order valence-corrected chi connectivity index (χ0v) is 19.9. The third-order valence-electron chi connectivity index (χ3n) is 7.55. The third kappa shape index (κ3) is 5.81. The van der Waals surface area contributed by atoms with Crippen LogP contribution in [0.5, 0.6) is 11.5 Å². The number of benzene rings is 1. The summed E-state index contributed by atoms with van der Waals surface area (Å²) in [4.78, 5) is 0. The average Bonchev–Trinajstić information content (AvgIpc) is 2.72. The molecule has 0 heterocycles. The van der Waals surface area contributed by atoms with Crippen LogP contribution in [0.3, 0.4) is 0 Å². The number of aryl methyl sites for hydroxylation is 1. The normalized spacial score (nSPS) is 18.7. The van der Waals surface area contributed by atoms with Gasteiger partial charge in [0.15, 0.2) is 0 Å². The molecule has 0 bridgehead atoms. The minimum atomic E-state index is -0.181. The first-order valence-electron chi connectivity index (χ1n) is 12.1. The second-order valence-corrected chi connectivity index (χ2v) is 9.95. The van der Waals surface area contributed by atoms with Gasteiger partial charge in [0, 0.05) is 6.61 Å². The summed E-state index contributed by atoms with van der Waals surface area (Å²) in [6, 6.07) is 3.72. The van der Waals surface area contributed by atoms with Crippen molar-refractivity contribution < 1.29 is 15.3 Å². The lowest BCUT2D eigenvalue weighted by atomic mass is 9.65. The van der Waals surface area contributed by atoms with Gasteiger partial charge in [0.25, 0.3) is 0 Å². The van der Waals surface area contributed by atoms with Gasteiger partial charge in [-0.25, -0.2) is 0 Å². The van der Waals surface area contributed by atoms with E-state index in [1.54, 1.807) is 0 Å². The Morgan fingerprint density at radius 2 is 1.67 bits per heavy atom. The van der Waals surface area contributed by atoms with E-state index < -0.39 is 0 Å². The van der Waals surface area contributed by atoms with Gasteiger partial charge in [-0.3, -0.25) is 0 Å². The van der Waals surface area contributed by atoms with Crippen LogP contribution in [0.1, 0.15) is 104 Å². The van der Waals surface area contributed by atoms with E-state index in [1.165, 1.54) is 31.3 Å². The third-order valence-corrected chi connectivity index (χ3v) is 7.55. The van der Waals surface area contributed by atoms with Crippen LogP contribution in [-0.4, -0.2) is 21.9 Å². The number of allylic oxidation sites excluding steroid dienone is 2. The van der Waals surface area contributed by atoms with Gasteiger partial charge in [-0.15, -0.1) is 0 Å². The van der Waals surface area contributed by atoms with Gasteiger partial charge in [-0.05, 0) is 72.6 Å². The fourth-order valence-corrected chi connectivity index (χ4v) is 4.91. The van der Waals surface area contributed by atoms with Gasteiger partial charge < -0.3 is 15.3 Å². The highest BCUT2D eigenvalue weighted by molar-refractivity contribution is 5.79. The number of phenolic OH excluding ortho intramolecular Hbond substituents is 2. The topological polar surface area (TPSA) is 60.7 Å². The lowest BCUT2D eigenvalue weighted by Gasteiger charge is -2.40. The maximum Gasteiger partial charge on any atom is 0.127 e. The van der Waals surface area contributed by atoms with Gasteiger partial charge in [0.2, 0.25) is 0 Å². The SMILES string of the molecule is CCCCCCCc1cc(O)c(C2=C(C(C)(C)C(C)CO)CCC(CC)C2)c(O)c1. The number of aliphatic hydroxyl groups excluding tert-OH is 1. The molecule has 30 heavy (non-hydrogen) atoms. The van der Waals surface area contributed by atoms with Crippen molar-refractivity contribution in [2.75, 3.05) is 6.61 Å². The number of unbranched alkanes of at least 4 members (excludes halogenated alkanes) is 4. The summed E-state index contributed by atoms with van der Waals surface area (Å²) < 4.78 is 0. The summed E-state index contributed by atoms with van der Waals surface area (Å²) >= 11 is 0. The molecule has 0 spiro atoms. The first-order chi connectivity index (χ1) is 14.3. The van der Waals surface area contributed by atoms with Crippen LogP contribution in [0.2, 0.25) is 0 Å². The summed E-state index contributed by atoms with van der Waals surface area (Å²) in [6.07, 6.45) is 11.0. The number of rotatable bonds is 11. The van der Waals surface area contributed by atoms with E-state index in [0.717, 1.165) is 49.7 Å². The molecule has 170 valence electrons. The Morgan fingerprint density at radius 1 is 1.03 bits per heavy atom. The van der Waals surface area contributed by atoms with E-state index in [4.69, 9.17) is 0 Å². The highest BCUT2D eigenvalue weighted by Gasteiger charge is 2.36. The molecule has 0 saturated heterocycles. The maximum atomic E-state index is 11.0. The number of aromatic hydroxyl groups is 2. The largest absolute Gasteiger partial charge is 0.507 e. The number of aliphatic hydroxyl groups is 1. The van der Waals surface area contributed by atoms with Crippen molar-refractivity contribution >= 4 is 5.57 Å². The number of hydrogen-bond donors (Lipinski definition) is 3. The van der Waals surface area contributed by atoms with Crippen molar-refractivity contribution in [1.82, 2.24) is 0 Å². The van der Waals surface area contributed by atoms with Crippen molar-refractivity contribution in [2.45, 2.75) is 98.8 Å². The molecule has 1 aliphatic rings. The van der Waals surface area contributed by atoms with E-state index in [-0.39, 0.29) is 29.4 Å². The zero-order valence-electron chi connectivity index (χ0n) is 19.9. The van der Waals surface area contributed by atoms with Gasteiger partial charge in [-0.2, -0.15) is 0 Å². The molecule has 3 nitrogen and oxygen atoms in total. The standard InChI is InChI=1S/C27H44O3/c1-6-8-9-10-11-12-21-16-24(29)26(25(30)17-21)22-15-20(7-2)13-14-23(22)27(4,5)19(3)18-28/h16-17,19-20,28-30H,6-15,18H2,1-5H3. The minimum absolute atomic E-state index is 0.118. The second-order valence-electron chi connectivity index (χ2n) is 9.95. The Hall–Kier alpha value is -1.48. The molecule has 0 radical (unpaired) electrons. The summed E-state index contributed by atoms with van der Waals surface area (Å²) in [5.41, 5.74) is 3.84. The van der Waals surface area contributed by atoms with Crippen LogP contribution in [0.25, 0.3) is 5.57 Å². The summed E-state index contributed by atoms with van der Waals surface area (Å²) in [7, 11) is 0. The Labute approximate surface area is 184 Å². The van der Waals surface area contributed by atoms with Gasteiger partial charge in [0.1, 0.15) is 11.5 Å². The molecule has 0 aromatic heterocycles. The van der Waals surface area contributed by atoms with Crippen LogP contribution in [0.4, 0.5) is 0 Å². The molecule has 0 amide bonds. The zero-order chi connectivity index (χ0) is 22.3. The van der Waals surface area contributed by atoms with Gasteiger partial charge >= 0.3 is 0 Å². The molecule has 2 rings (SSSR count). The Balaban J connectivity index is 2.39. The predicted molar refractivity (Wildman–Crippen MR) is 127 cm³/mol. The second kappa shape index (κ2) is 11.2. The highest BCUT2D eigenvalue weighted by atomic mass is 16.3. The van der Waals surface area contributed by atoms with E-state index in [9.17, 15) is 15.3 Å². The molecule has 1 aliphatic carbocycles. The minimum Gasteiger partial charge on any atom is -0.507 e. The number of hydrogen-bond acceptors (Lipinski definition) is 3. The first kappa shape index (κ1) is 24.8. The molecule has 0 aliphatic heterocycles. The first-order valence-corrected chi connectivity index (χ1v) is 12.1. The molecule has 0 fully saturated rings. The van der Waals surface area contributed by atoms with Crippen LogP contribution in [-0.2, 0) is 6.42 Å². The monoisotopic (exact) mass is 416 g/mol. The quantitative estimate of drug-likeness (QED) is 0.333. The van der Waals surface area contributed by atoms with Crippen molar-refractivity contribution in [3.63, 3.8) is 0 Å². The molecular formula is C27H44O3. The summed E-state index contributed by atoms with van der Waals surface area (Å²) in [5.74, 6) is 1.10. The molecule has 3 N–H and O–H groups in total. The van der Waals surface area contributed by atoms with Crippen LogP contribution in [0.15, 0.2) is 17.7 Å². The average molecular weight is 417 g/mol. The summed E-state index contributed by atoms with van der Waals surface area (Å²) in [6.45, 7) is 11.0. The summed E-state index contributed by atoms with van der Waals surface area (Å²) in [5, 5.41) is 31.7. The fourth-order valence-electron chi connectivity index (χ4n) is 4.91. The van der Waals surface area contributed by atoms with Crippen molar-refractivity contribution in [1.29, 1.82) is 0 Å². The Morgan fingerprint density at radius 3 is 2.23 bits per heavy atom. The Kier molecular flexibility index (Phi) is 9.28. The van der Waals surface area contributed by atoms with Crippen molar-refractivity contribution in [3.05, 3.63) is 28.8 Å². The van der Waals surface area contributed by atoms with E-state index in [2.05, 4.69) is 34.6 Å². The van der Waals surface area contributed by atoms with E-state index >= 15 is 0 Å². The molecular weight excluding hydrogens is 372 g/mol. The highest BCUT2D eigenvalue weighted by Crippen LogP contribution is 2.51. The molecule has 3 heteroatoms. The van der Waals surface area contributed by atoms with E-state index in [0.29, 0.717) is 11.5 Å². The lowest BCUT2D eigenvalue weighted by molar-refractivity contribution is 0.152. The van der Waals surface area contributed by atoms with Crippen LogP contribution >= 0.6 is 0 Å². The van der Waals surface area contributed by atoms with Crippen LogP contribution < -0.4 is 0 Å².